The van der Waals surface area contributed by atoms with Crippen LogP contribution in [0.2, 0.25) is 5.02 Å². The predicted octanol–water partition coefficient (Wildman–Crippen LogP) is 4.01. The van der Waals surface area contributed by atoms with E-state index in [-0.39, 0.29) is 0 Å². The first-order valence-electron chi connectivity index (χ1n) is 7.12. The van der Waals surface area contributed by atoms with E-state index in [1.54, 1.807) is 0 Å². The molecule has 0 atom stereocenters. The Hall–Kier alpha value is -2.46. The van der Waals surface area contributed by atoms with Crippen molar-refractivity contribution in [1.82, 2.24) is 4.90 Å². The lowest BCUT2D eigenvalue weighted by molar-refractivity contribution is 0.302. The average Bonchev–Trinajstić information content (AvgIpc) is 3.09. The zero-order valence-electron chi connectivity index (χ0n) is 11.8. The standard InChI is InChI=1S/C17H14ClN3O/c18-13-5-1-2-6-14(13)21-11-17(20-10-9-19-12-20)22-16-8-4-3-7-15(16)21/h1-8,11-12H,9-10H2. The maximum Gasteiger partial charge on any atom is 0.218 e. The zero-order chi connectivity index (χ0) is 14.9. The minimum Gasteiger partial charge on any atom is -0.437 e. The summed E-state index contributed by atoms with van der Waals surface area (Å²) in [6.45, 7) is 1.61. The molecule has 0 fully saturated rings. The summed E-state index contributed by atoms with van der Waals surface area (Å²) in [6.07, 6.45) is 3.77. The smallest absolute Gasteiger partial charge is 0.218 e. The minimum atomic E-state index is 0.699. The van der Waals surface area contributed by atoms with Gasteiger partial charge in [0.25, 0.3) is 0 Å². The zero-order valence-corrected chi connectivity index (χ0v) is 12.6. The lowest BCUT2D eigenvalue weighted by Gasteiger charge is -2.31. The molecule has 2 aromatic carbocycles. The number of halogens is 1. The molecule has 0 saturated heterocycles. The van der Waals surface area contributed by atoms with Crippen molar-refractivity contribution >= 4 is 29.3 Å². The van der Waals surface area contributed by atoms with Crippen LogP contribution in [0.4, 0.5) is 11.4 Å². The predicted molar refractivity (Wildman–Crippen MR) is 88.8 cm³/mol. The fourth-order valence-corrected chi connectivity index (χ4v) is 2.81. The normalized spacial score (nSPS) is 16.3. The highest BCUT2D eigenvalue weighted by atomic mass is 35.5. The molecule has 5 heteroatoms. The first-order valence-corrected chi connectivity index (χ1v) is 7.50. The second-order valence-electron chi connectivity index (χ2n) is 5.07. The Labute approximate surface area is 133 Å². The highest BCUT2D eigenvalue weighted by Crippen LogP contribution is 2.41. The largest absolute Gasteiger partial charge is 0.437 e. The molecule has 22 heavy (non-hydrogen) atoms. The van der Waals surface area contributed by atoms with Crippen LogP contribution in [0.15, 0.2) is 65.6 Å². The van der Waals surface area contributed by atoms with Gasteiger partial charge in [0.2, 0.25) is 5.88 Å². The van der Waals surface area contributed by atoms with Crippen molar-refractivity contribution in [3.8, 4) is 5.75 Å². The number of benzene rings is 2. The third kappa shape index (κ3) is 2.22. The van der Waals surface area contributed by atoms with E-state index in [0.29, 0.717) is 5.02 Å². The van der Waals surface area contributed by atoms with Crippen LogP contribution >= 0.6 is 11.6 Å². The maximum absolute atomic E-state index is 6.38. The number of hydrogen-bond acceptors (Lipinski definition) is 4. The van der Waals surface area contributed by atoms with Gasteiger partial charge in [-0.3, -0.25) is 4.99 Å². The summed E-state index contributed by atoms with van der Waals surface area (Å²) in [4.78, 5) is 8.30. The number of nitrogens with zero attached hydrogens (tertiary/aromatic N) is 3. The van der Waals surface area contributed by atoms with Crippen LogP contribution in [-0.2, 0) is 0 Å². The summed E-state index contributed by atoms with van der Waals surface area (Å²) in [6, 6.07) is 15.7. The van der Waals surface area contributed by atoms with Gasteiger partial charge in [-0.05, 0) is 24.3 Å². The van der Waals surface area contributed by atoms with E-state index in [1.807, 2.05) is 66.0 Å². The van der Waals surface area contributed by atoms with Crippen molar-refractivity contribution in [1.29, 1.82) is 0 Å². The maximum atomic E-state index is 6.38. The number of fused-ring (bicyclic) bond motifs is 1. The Morgan fingerprint density at radius 3 is 2.55 bits per heavy atom. The third-order valence-corrected chi connectivity index (χ3v) is 3.98. The van der Waals surface area contributed by atoms with Crippen LogP contribution in [-0.4, -0.2) is 24.3 Å². The molecule has 0 bridgehead atoms. The second kappa shape index (κ2) is 5.39. The van der Waals surface area contributed by atoms with Crippen LogP contribution in [0, 0.1) is 0 Å². The van der Waals surface area contributed by atoms with Crippen LogP contribution in [0.3, 0.4) is 0 Å². The highest BCUT2D eigenvalue weighted by molar-refractivity contribution is 6.33. The van der Waals surface area contributed by atoms with E-state index in [9.17, 15) is 0 Å². The van der Waals surface area contributed by atoms with E-state index in [4.69, 9.17) is 16.3 Å². The van der Waals surface area contributed by atoms with Crippen molar-refractivity contribution in [3.05, 3.63) is 65.6 Å². The first-order chi connectivity index (χ1) is 10.8. The van der Waals surface area contributed by atoms with Gasteiger partial charge in [0.15, 0.2) is 5.75 Å². The molecular weight excluding hydrogens is 298 g/mol. The summed E-state index contributed by atoms with van der Waals surface area (Å²) in [5.74, 6) is 1.56. The van der Waals surface area contributed by atoms with Crippen LogP contribution in [0.1, 0.15) is 0 Å². The van der Waals surface area contributed by atoms with E-state index >= 15 is 0 Å². The molecule has 2 aromatic rings. The number of ether oxygens (including phenoxy) is 1. The topological polar surface area (TPSA) is 28.1 Å². The number of rotatable bonds is 2. The van der Waals surface area contributed by atoms with Gasteiger partial charge < -0.3 is 14.5 Å². The van der Waals surface area contributed by atoms with E-state index in [0.717, 1.165) is 36.1 Å². The highest BCUT2D eigenvalue weighted by Gasteiger charge is 2.25. The van der Waals surface area contributed by atoms with E-state index in [2.05, 4.69) is 9.89 Å². The van der Waals surface area contributed by atoms with Crippen molar-refractivity contribution in [2.45, 2.75) is 0 Å². The molecule has 0 aromatic heterocycles. The molecular formula is C17H14ClN3O. The van der Waals surface area contributed by atoms with E-state index in [1.165, 1.54) is 0 Å². The number of aliphatic imine (C=N–C) groups is 1. The molecule has 110 valence electrons. The van der Waals surface area contributed by atoms with Gasteiger partial charge in [0.05, 0.1) is 35.5 Å². The molecule has 0 radical (unpaired) electrons. The van der Waals surface area contributed by atoms with Crippen LogP contribution in [0.5, 0.6) is 5.75 Å². The number of para-hydroxylation sites is 3. The second-order valence-corrected chi connectivity index (χ2v) is 5.48. The molecule has 0 aliphatic carbocycles. The summed E-state index contributed by atoms with van der Waals surface area (Å²) in [5.41, 5.74) is 1.89. The summed E-state index contributed by atoms with van der Waals surface area (Å²) < 4.78 is 6.02. The van der Waals surface area contributed by atoms with Gasteiger partial charge in [-0.25, -0.2) is 0 Å². The van der Waals surface area contributed by atoms with Crippen LogP contribution in [0.25, 0.3) is 0 Å². The first kappa shape index (κ1) is 13.2. The molecule has 4 nitrogen and oxygen atoms in total. The van der Waals surface area contributed by atoms with Gasteiger partial charge in [-0.15, -0.1) is 0 Å². The van der Waals surface area contributed by atoms with E-state index < -0.39 is 0 Å². The minimum absolute atomic E-state index is 0.699. The Kier molecular flexibility index (Phi) is 3.24. The van der Waals surface area contributed by atoms with Crippen molar-refractivity contribution in [2.75, 3.05) is 18.0 Å². The molecule has 2 aliphatic rings. The van der Waals surface area contributed by atoms with Crippen molar-refractivity contribution in [3.63, 3.8) is 0 Å². The summed E-state index contributed by atoms with van der Waals surface area (Å²) in [5, 5.41) is 0.699. The number of anilines is 2. The Balaban J connectivity index is 1.83. The molecule has 2 heterocycles. The Morgan fingerprint density at radius 2 is 1.77 bits per heavy atom. The summed E-state index contributed by atoms with van der Waals surface area (Å²) in [7, 11) is 0. The number of hydrogen-bond donors (Lipinski definition) is 0. The van der Waals surface area contributed by atoms with Gasteiger partial charge in [0.1, 0.15) is 0 Å². The SMILES string of the molecule is Clc1ccccc1N1C=C(N2C=NCC2)Oc2ccccc21. The lowest BCUT2D eigenvalue weighted by atomic mass is 10.2. The van der Waals surface area contributed by atoms with Gasteiger partial charge >= 0.3 is 0 Å². The average molecular weight is 312 g/mol. The molecule has 0 amide bonds. The quantitative estimate of drug-likeness (QED) is 0.838. The lowest BCUT2D eigenvalue weighted by Crippen LogP contribution is -2.28. The molecule has 0 unspecified atom stereocenters. The molecule has 0 N–H and O–H groups in total. The Morgan fingerprint density at radius 1 is 1.00 bits per heavy atom. The fraction of sp³-hybridized carbons (Fsp3) is 0.118. The molecule has 0 saturated carbocycles. The Bertz CT molecular complexity index is 772. The van der Waals surface area contributed by atoms with Crippen molar-refractivity contribution in [2.24, 2.45) is 4.99 Å². The molecule has 2 aliphatic heterocycles. The fourth-order valence-electron chi connectivity index (χ4n) is 2.59. The van der Waals surface area contributed by atoms with Crippen LogP contribution < -0.4 is 9.64 Å². The monoisotopic (exact) mass is 311 g/mol. The molecule has 0 spiro atoms. The van der Waals surface area contributed by atoms with Gasteiger partial charge in [-0.1, -0.05) is 35.9 Å². The van der Waals surface area contributed by atoms with Crippen molar-refractivity contribution < 1.29 is 4.74 Å². The molecule has 4 rings (SSSR count). The van der Waals surface area contributed by atoms with Gasteiger partial charge in [-0.2, -0.15) is 0 Å². The summed E-state index contributed by atoms with van der Waals surface area (Å²) >= 11 is 6.38. The third-order valence-electron chi connectivity index (χ3n) is 3.66. The van der Waals surface area contributed by atoms with Gasteiger partial charge in [0, 0.05) is 6.54 Å².